The number of ether oxygens (including phenoxy) is 4. The van der Waals surface area contributed by atoms with Gasteiger partial charge >= 0.3 is 0 Å². The van der Waals surface area contributed by atoms with Gasteiger partial charge < -0.3 is 23.8 Å². The summed E-state index contributed by atoms with van der Waals surface area (Å²) in [5, 5.41) is 4.89. The van der Waals surface area contributed by atoms with Crippen molar-refractivity contribution in [2.75, 3.05) is 51.2 Å². The number of methoxy groups -OCH3 is 2. The summed E-state index contributed by atoms with van der Waals surface area (Å²) in [6, 6.07) is 11.5. The first kappa shape index (κ1) is 38.4. The van der Waals surface area contributed by atoms with Gasteiger partial charge in [0.15, 0.2) is 0 Å². The molecular formula is C40H50ClN5O7S. The summed E-state index contributed by atoms with van der Waals surface area (Å²) < 4.78 is 47.4. The van der Waals surface area contributed by atoms with Crippen molar-refractivity contribution in [1.82, 2.24) is 14.5 Å². The van der Waals surface area contributed by atoms with E-state index in [2.05, 4.69) is 37.3 Å². The molecule has 2 amide bonds. The number of fused-ring (bicyclic) bond motifs is 4. The van der Waals surface area contributed by atoms with Gasteiger partial charge in [-0.2, -0.15) is 0 Å². The molecule has 2 aliphatic heterocycles. The highest BCUT2D eigenvalue weighted by atomic mass is 35.5. The molecule has 1 N–H and O–H groups in total. The van der Waals surface area contributed by atoms with Crippen LogP contribution in [0, 0.1) is 17.8 Å². The quantitative estimate of drug-likeness (QED) is 0.292. The van der Waals surface area contributed by atoms with Crippen LogP contribution in [0.25, 0.3) is 0 Å². The van der Waals surface area contributed by atoms with Gasteiger partial charge in [-0.1, -0.05) is 36.7 Å². The number of carbonyl (C=O) groups is 2. The second kappa shape index (κ2) is 15.7. The largest absolute Gasteiger partial charge is 0.490 e. The molecule has 4 aliphatic rings. The molecule has 3 heterocycles. The Morgan fingerprint density at radius 1 is 1.15 bits per heavy atom. The van der Waals surface area contributed by atoms with E-state index >= 15 is 0 Å². The highest BCUT2D eigenvalue weighted by Crippen LogP contribution is 2.47. The molecule has 14 heteroatoms. The Balaban J connectivity index is 1.33. The third kappa shape index (κ3) is 7.65. The van der Waals surface area contributed by atoms with Gasteiger partial charge in [-0.25, -0.2) is 4.21 Å². The maximum absolute atomic E-state index is 14.9. The van der Waals surface area contributed by atoms with E-state index in [9.17, 15) is 13.8 Å². The fraction of sp³-hybridized carbons (Fsp3) is 0.525. The molecular weight excluding hydrogens is 730 g/mol. The Bertz CT molecular complexity index is 2060. The standard InChI is InChI=1S/C40H50ClN5O7S/c1-6-52-34-15-16-35(50-4)30-12-9-28(30)20-46-23-40(17-7-8-26-18-29(41)11-13-32(26)40)24-53-36-14-10-27(19-33(36)46)37(47)43-54(49,22-25(34)2)44-38(48)31-21-45(3)42-39(31)51-5/h10-11,13-16,18-19,21,25,28,30,34-35H,6-9,12,17,20,22-24H2,1-5H3,(H,43,44,47,48,49)/b16-15+/t25-,28+,30-,34+,35+,40+,54+/m1/s1. The van der Waals surface area contributed by atoms with Gasteiger partial charge in [0.1, 0.15) is 21.2 Å². The summed E-state index contributed by atoms with van der Waals surface area (Å²) in [5.41, 5.74) is 3.32. The first-order valence-corrected chi connectivity index (χ1v) is 20.8. The number of hydrogen-bond donors (Lipinski definition) is 1. The fourth-order valence-corrected chi connectivity index (χ4v) is 10.8. The van der Waals surface area contributed by atoms with Gasteiger partial charge in [-0.3, -0.25) is 19.0 Å². The Hall–Kier alpha value is -3.91. The van der Waals surface area contributed by atoms with Gasteiger partial charge in [0.25, 0.3) is 11.8 Å². The number of anilines is 1. The molecule has 2 bridgehead atoms. The number of aromatic nitrogens is 2. The van der Waals surface area contributed by atoms with E-state index in [4.69, 9.17) is 30.5 Å². The molecule has 2 aliphatic carbocycles. The van der Waals surface area contributed by atoms with Crippen LogP contribution in [0.3, 0.4) is 0 Å². The minimum absolute atomic E-state index is 0.0629. The van der Waals surface area contributed by atoms with Crippen molar-refractivity contribution >= 4 is 39.0 Å². The Morgan fingerprint density at radius 3 is 2.70 bits per heavy atom. The number of nitrogens with one attached hydrogen (secondary N) is 1. The van der Waals surface area contributed by atoms with Crippen LogP contribution < -0.4 is 19.1 Å². The van der Waals surface area contributed by atoms with Crippen LogP contribution in [0.5, 0.6) is 11.6 Å². The predicted molar refractivity (Wildman–Crippen MR) is 208 cm³/mol. The van der Waals surface area contributed by atoms with E-state index in [1.165, 1.54) is 29.1 Å². The second-order valence-corrected chi connectivity index (χ2v) is 17.6. The number of hydrogen-bond acceptors (Lipinski definition) is 9. The maximum atomic E-state index is 14.9. The zero-order valence-corrected chi connectivity index (χ0v) is 33.2. The maximum Gasteiger partial charge on any atom is 0.286 e. The minimum Gasteiger partial charge on any atom is -0.490 e. The topological polar surface area (TPSA) is 134 Å². The predicted octanol–water partition coefficient (Wildman–Crippen LogP) is 6.16. The SMILES string of the molecule is CCO[C@H]1/C=C/[C@H](OC)[C@@H]2CC[C@H]2CN2C[C@@]3(CCCc4cc(Cl)ccc43)COc3ccc(cc32)C(=O)N=[S@](=O)(NC(=O)c2cn(C)nc2OC)C[C@H]1C. The molecule has 0 unspecified atom stereocenters. The second-order valence-electron chi connectivity index (χ2n) is 15.1. The zero-order chi connectivity index (χ0) is 38.2. The summed E-state index contributed by atoms with van der Waals surface area (Å²) in [6.45, 7) is 6.08. The molecule has 54 heavy (non-hydrogen) atoms. The monoisotopic (exact) mass is 779 g/mol. The molecule has 290 valence electrons. The van der Waals surface area contributed by atoms with E-state index < -0.39 is 33.8 Å². The molecule has 7 atom stereocenters. The smallest absolute Gasteiger partial charge is 0.286 e. The third-order valence-corrected chi connectivity index (χ3v) is 13.7. The van der Waals surface area contributed by atoms with E-state index in [-0.39, 0.29) is 40.2 Å². The average molecular weight is 780 g/mol. The van der Waals surface area contributed by atoms with Crippen LogP contribution in [-0.2, 0) is 38.3 Å². The molecule has 1 aromatic heterocycles. The number of rotatable bonds is 6. The fourth-order valence-electron chi connectivity index (χ4n) is 8.72. The summed E-state index contributed by atoms with van der Waals surface area (Å²) in [4.78, 5) is 30.2. The Kier molecular flexibility index (Phi) is 11.1. The summed E-state index contributed by atoms with van der Waals surface area (Å²) in [5.74, 6) is -0.667. The Labute approximate surface area is 322 Å². The summed E-state index contributed by atoms with van der Waals surface area (Å²) in [7, 11) is 1.06. The normalized spacial score (nSPS) is 30.1. The number of benzene rings is 2. The highest BCUT2D eigenvalue weighted by molar-refractivity contribution is 7.92. The first-order chi connectivity index (χ1) is 25.9. The van der Waals surface area contributed by atoms with Gasteiger partial charge in [0.05, 0.1) is 37.4 Å². The van der Waals surface area contributed by atoms with Gasteiger partial charge in [-0.05, 0) is 92.3 Å². The van der Waals surface area contributed by atoms with Crippen molar-refractivity contribution in [3.63, 3.8) is 0 Å². The number of nitrogens with zero attached hydrogens (tertiary/aromatic N) is 4. The van der Waals surface area contributed by atoms with Crippen molar-refractivity contribution in [3.05, 3.63) is 82.0 Å². The molecule has 0 saturated heterocycles. The van der Waals surface area contributed by atoms with Crippen LogP contribution in [0.1, 0.15) is 71.4 Å². The molecule has 2 aromatic carbocycles. The number of carbonyl (C=O) groups excluding carboxylic acids is 2. The van der Waals surface area contributed by atoms with Crippen LogP contribution >= 0.6 is 11.6 Å². The highest BCUT2D eigenvalue weighted by Gasteiger charge is 2.44. The first-order valence-electron chi connectivity index (χ1n) is 18.8. The summed E-state index contributed by atoms with van der Waals surface area (Å²) >= 11 is 6.47. The van der Waals surface area contributed by atoms with Crippen molar-refractivity contribution < 1.29 is 32.7 Å². The van der Waals surface area contributed by atoms with Gasteiger partial charge in [0, 0.05) is 62.0 Å². The van der Waals surface area contributed by atoms with E-state index in [1.807, 2.05) is 32.1 Å². The Morgan fingerprint density at radius 2 is 1.96 bits per heavy atom. The minimum atomic E-state index is -3.72. The third-order valence-electron chi connectivity index (χ3n) is 11.5. The number of aryl methyl sites for hydroxylation is 2. The molecule has 12 nitrogen and oxygen atoms in total. The lowest BCUT2D eigenvalue weighted by Crippen LogP contribution is -2.49. The van der Waals surface area contributed by atoms with Gasteiger partial charge in [-0.15, -0.1) is 9.46 Å². The van der Waals surface area contributed by atoms with Crippen LogP contribution in [0.15, 0.2) is 59.1 Å². The summed E-state index contributed by atoms with van der Waals surface area (Å²) in [6.07, 6.45) is 9.83. The number of halogens is 1. The molecule has 1 fully saturated rings. The molecule has 7 rings (SSSR count). The molecule has 1 spiro atoms. The lowest BCUT2D eigenvalue weighted by Gasteiger charge is -2.46. The average Bonchev–Trinajstić information content (AvgIpc) is 3.45. The van der Waals surface area contributed by atoms with Crippen LogP contribution in [0.4, 0.5) is 5.69 Å². The van der Waals surface area contributed by atoms with E-state index in [0.29, 0.717) is 31.4 Å². The lowest BCUT2D eigenvalue weighted by atomic mass is 9.68. The molecule has 3 aromatic rings. The van der Waals surface area contributed by atoms with Crippen LogP contribution in [-0.4, -0.2) is 84.3 Å². The zero-order valence-electron chi connectivity index (χ0n) is 31.6. The molecule has 1 saturated carbocycles. The lowest BCUT2D eigenvalue weighted by molar-refractivity contribution is 0.0112. The van der Waals surface area contributed by atoms with Crippen molar-refractivity contribution in [2.24, 2.45) is 29.2 Å². The van der Waals surface area contributed by atoms with Gasteiger partial charge in [0.2, 0.25) is 5.88 Å². The van der Waals surface area contributed by atoms with Crippen molar-refractivity contribution in [1.29, 1.82) is 0 Å². The van der Waals surface area contributed by atoms with Crippen molar-refractivity contribution in [3.8, 4) is 11.6 Å². The number of amides is 2. The van der Waals surface area contributed by atoms with Crippen molar-refractivity contribution in [2.45, 2.75) is 63.6 Å². The van der Waals surface area contributed by atoms with E-state index in [0.717, 1.165) is 49.4 Å². The molecule has 0 radical (unpaired) electrons. The van der Waals surface area contributed by atoms with E-state index in [1.54, 1.807) is 26.3 Å². The van der Waals surface area contributed by atoms with Crippen LogP contribution in [0.2, 0.25) is 5.02 Å².